The molecular weight excluding hydrogens is 268 g/mol. The summed E-state index contributed by atoms with van der Waals surface area (Å²) in [5.41, 5.74) is 6.17. The maximum Gasteiger partial charge on any atom is 0.410 e. The molecule has 6 heteroatoms. The molecule has 0 unspecified atom stereocenters. The number of nitrogen functional groups attached to an aromatic ring is 1. The van der Waals surface area contributed by atoms with Crippen LogP contribution in [0.5, 0.6) is 0 Å². The second-order valence-corrected chi connectivity index (χ2v) is 6.41. The van der Waals surface area contributed by atoms with E-state index in [0.29, 0.717) is 12.4 Å². The summed E-state index contributed by atoms with van der Waals surface area (Å²) in [4.78, 5) is 20.3. The van der Waals surface area contributed by atoms with Crippen LogP contribution in [0.15, 0.2) is 18.3 Å². The van der Waals surface area contributed by atoms with E-state index in [1.54, 1.807) is 17.2 Å². The van der Waals surface area contributed by atoms with E-state index >= 15 is 0 Å². The van der Waals surface area contributed by atoms with Gasteiger partial charge in [0.15, 0.2) is 0 Å². The maximum absolute atomic E-state index is 12.2. The van der Waals surface area contributed by atoms with Crippen LogP contribution in [-0.2, 0) is 4.74 Å². The van der Waals surface area contributed by atoms with Crippen molar-refractivity contribution >= 4 is 17.6 Å². The van der Waals surface area contributed by atoms with Crippen molar-refractivity contribution in [3.05, 3.63) is 18.3 Å². The van der Waals surface area contributed by atoms with Crippen molar-refractivity contribution in [1.82, 2.24) is 9.88 Å². The van der Waals surface area contributed by atoms with Gasteiger partial charge in [-0.05, 0) is 39.8 Å². The Balaban J connectivity index is 1.99. The first-order valence-electron chi connectivity index (χ1n) is 7.22. The van der Waals surface area contributed by atoms with Crippen LogP contribution in [0.4, 0.5) is 16.3 Å². The van der Waals surface area contributed by atoms with E-state index in [1.807, 2.05) is 33.8 Å². The van der Waals surface area contributed by atoms with Crippen LogP contribution < -0.4 is 10.6 Å². The molecule has 2 rings (SSSR count). The summed E-state index contributed by atoms with van der Waals surface area (Å²) >= 11 is 0. The largest absolute Gasteiger partial charge is 0.444 e. The zero-order valence-corrected chi connectivity index (χ0v) is 13.2. The molecular formula is C15H24N4O2. The lowest BCUT2D eigenvalue weighted by atomic mass is 10.1. The molecule has 1 fully saturated rings. The van der Waals surface area contributed by atoms with Crippen LogP contribution in [0.2, 0.25) is 0 Å². The van der Waals surface area contributed by atoms with E-state index in [0.717, 1.165) is 18.8 Å². The number of anilines is 2. The Labute approximate surface area is 125 Å². The van der Waals surface area contributed by atoms with Crippen molar-refractivity contribution in [2.45, 2.75) is 39.3 Å². The first kappa shape index (κ1) is 15.4. The van der Waals surface area contributed by atoms with E-state index in [1.165, 1.54) is 0 Å². The number of ether oxygens (including phenoxy) is 1. The average molecular weight is 292 g/mol. The highest BCUT2D eigenvalue weighted by molar-refractivity contribution is 5.69. The molecule has 21 heavy (non-hydrogen) atoms. The molecule has 2 heterocycles. The highest BCUT2D eigenvalue weighted by atomic mass is 16.6. The summed E-state index contributed by atoms with van der Waals surface area (Å²) < 4.78 is 5.44. The van der Waals surface area contributed by atoms with Crippen LogP contribution in [0.3, 0.4) is 0 Å². The Hall–Kier alpha value is -1.98. The van der Waals surface area contributed by atoms with Gasteiger partial charge in [0.2, 0.25) is 0 Å². The van der Waals surface area contributed by atoms with Gasteiger partial charge in [0.05, 0.1) is 11.9 Å². The van der Waals surface area contributed by atoms with Gasteiger partial charge in [-0.25, -0.2) is 9.78 Å². The van der Waals surface area contributed by atoms with Crippen molar-refractivity contribution in [2.75, 3.05) is 30.3 Å². The lowest BCUT2D eigenvalue weighted by Crippen LogP contribution is -2.55. The minimum absolute atomic E-state index is 0.0890. The predicted molar refractivity (Wildman–Crippen MR) is 83.3 cm³/mol. The SMILES string of the molecule is C[C@@H]1CN(c2ccc(N)nc2)CCN1C(=O)OC(C)(C)C. The number of hydrogen-bond donors (Lipinski definition) is 1. The van der Waals surface area contributed by atoms with Gasteiger partial charge in [-0.1, -0.05) is 0 Å². The normalized spacial score (nSPS) is 19.5. The number of pyridine rings is 1. The second-order valence-electron chi connectivity index (χ2n) is 6.41. The van der Waals surface area contributed by atoms with Crippen molar-refractivity contribution < 1.29 is 9.53 Å². The molecule has 0 saturated carbocycles. The Bertz CT molecular complexity index is 495. The summed E-state index contributed by atoms with van der Waals surface area (Å²) in [5, 5.41) is 0. The number of aromatic nitrogens is 1. The van der Waals surface area contributed by atoms with Gasteiger partial charge in [-0.15, -0.1) is 0 Å². The number of carbonyl (C=O) groups excluding carboxylic acids is 1. The minimum atomic E-state index is -0.463. The monoisotopic (exact) mass is 292 g/mol. The number of nitrogens with zero attached hydrogens (tertiary/aromatic N) is 3. The molecule has 6 nitrogen and oxygen atoms in total. The van der Waals surface area contributed by atoms with Gasteiger partial charge >= 0.3 is 6.09 Å². The summed E-state index contributed by atoms with van der Waals surface area (Å²) in [6.07, 6.45) is 1.52. The molecule has 1 atom stereocenters. The third-order valence-electron chi connectivity index (χ3n) is 3.39. The predicted octanol–water partition coefficient (Wildman–Crippen LogP) is 2.11. The van der Waals surface area contributed by atoms with Crippen molar-refractivity contribution in [1.29, 1.82) is 0 Å². The number of hydrogen-bond acceptors (Lipinski definition) is 5. The number of piperazine rings is 1. The fourth-order valence-corrected chi connectivity index (χ4v) is 2.37. The van der Waals surface area contributed by atoms with Crippen molar-refractivity contribution in [3.8, 4) is 0 Å². The van der Waals surface area contributed by atoms with Gasteiger partial charge in [-0.3, -0.25) is 0 Å². The first-order chi connectivity index (χ1) is 9.76. The molecule has 2 N–H and O–H groups in total. The molecule has 1 aliphatic rings. The molecule has 0 aliphatic carbocycles. The molecule has 0 bridgehead atoms. The number of carbonyl (C=O) groups is 1. The van der Waals surface area contributed by atoms with Crippen LogP contribution in [0.25, 0.3) is 0 Å². The lowest BCUT2D eigenvalue weighted by molar-refractivity contribution is 0.0159. The Morgan fingerprint density at radius 2 is 2.10 bits per heavy atom. The van der Waals surface area contributed by atoms with Gasteiger partial charge < -0.3 is 20.3 Å². The molecule has 0 radical (unpaired) electrons. The van der Waals surface area contributed by atoms with Gasteiger partial charge in [0, 0.05) is 25.7 Å². The van der Waals surface area contributed by atoms with Crippen molar-refractivity contribution in [3.63, 3.8) is 0 Å². The van der Waals surface area contributed by atoms with E-state index in [-0.39, 0.29) is 12.1 Å². The lowest BCUT2D eigenvalue weighted by Gasteiger charge is -2.41. The fourth-order valence-electron chi connectivity index (χ4n) is 2.37. The Morgan fingerprint density at radius 3 is 2.62 bits per heavy atom. The molecule has 0 spiro atoms. The van der Waals surface area contributed by atoms with E-state index in [9.17, 15) is 4.79 Å². The number of rotatable bonds is 1. The molecule has 1 aliphatic heterocycles. The van der Waals surface area contributed by atoms with Gasteiger partial charge in [0.25, 0.3) is 0 Å². The van der Waals surface area contributed by atoms with Crippen LogP contribution in [-0.4, -0.2) is 47.3 Å². The maximum atomic E-state index is 12.2. The zero-order chi connectivity index (χ0) is 15.6. The number of amides is 1. The second kappa shape index (κ2) is 5.79. The Kier molecular flexibility index (Phi) is 4.25. The summed E-state index contributed by atoms with van der Waals surface area (Å²) in [6.45, 7) is 9.82. The smallest absolute Gasteiger partial charge is 0.410 e. The first-order valence-corrected chi connectivity index (χ1v) is 7.22. The highest BCUT2D eigenvalue weighted by Gasteiger charge is 2.30. The quantitative estimate of drug-likeness (QED) is 0.858. The molecule has 1 amide bonds. The Morgan fingerprint density at radius 1 is 1.38 bits per heavy atom. The summed E-state index contributed by atoms with van der Waals surface area (Å²) in [7, 11) is 0. The van der Waals surface area contributed by atoms with Crippen LogP contribution in [0.1, 0.15) is 27.7 Å². The molecule has 1 aromatic heterocycles. The third-order valence-corrected chi connectivity index (χ3v) is 3.39. The standard InChI is InChI=1S/C15H24N4O2/c1-11-10-18(12-5-6-13(16)17-9-12)7-8-19(11)14(20)21-15(2,3)4/h5-6,9,11H,7-8,10H2,1-4H3,(H2,16,17)/t11-/m1/s1. The average Bonchev–Trinajstić information content (AvgIpc) is 2.37. The fraction of sp³-hybridized carbons (Fsp3) is 0.600. The molecule has 1 saturated heterocycles. The van der Waals surface area contributed by atoms with Gasteiger partial charge in [-0.2, -0.15) is 0 Å². The molecule has 116 valence electrons. The van der Waals surface area contributed by atoms with Gasteiger partial charge in [0.1, 0.15) is 11.4 Å². The van der Waals surface area contributed by atoms with Crippen LogP contribution in [0, 0.1) is 0 Å². The number of nitrogens with two attached hydrogens (primary N) is 1. The minimum Gasteiger partial charge on any atom is -0.444 e. The zero-order valence-electron chi connectivity index (χ0n) is 13.2. The van der Waals surface area contributed by atoms with E-state index in [4.69, 9.17) is 10.5 Å². The molecule has 1 aromatic rings. The summed E-state index contributed by atoms with van der Waals surface area (Å²) in [5.74, 6) is 0.513. The highest BCUT2D eigenvalue weighted by Crippen LogP contribution is 2.20. The summed E-state index contributed by atoms with van der Waals surface area (Å²) in [6, 6.07) is 3.84. The van der Waals surface area contributed by atoms with E-state index < -0.39 is 5.60 Å². The topological polar surface area (TPSA) is 71.7 Å². The van der Waals surface area contributed by atoms with Crippen LogP contribution >= 0.6 is 0 Å². The molecule has 0 aromatic carbocycles. The van der Waals surface area contributed by atoms with Crippen molar-refractivity contribution in [2.24, 2.45) is 0 Å². The third kappa shape index (κ3) is 4.00. The van der Waals surface area contributed by atoms with E-state index in [2.05, 4.69) is 9.88 Å².